The van der Waals surface area contributed by atoms with Crippen molar-refractivity contribution in [1.29, 1.82) is 0 Å². The third-order valence-corrected chi connectivity index (χ3v) is 3.22. The number of likely N-dealkylation sites (N-methyl/N-ethyl adjacent to an activating group) is 1. The molecule has 0 atom stereocenters. The molecule has 3 heterocycles. The van der Waals surface area contributed by atoms with Gasteiger partial charge < -0.3 is 19.8 Å². The van der Waals surface area contributed by atoms with E-state index in [1.807, 2.05) is 6.07 Å². The second-order valence-corrected chi connectivity index (χ2v) is 4.43. The van der Waals surface area contributed by atoms with E-state index in [-0.39, 0.29) is 5.69 Å². The van der Waals surface area contributed by atoms with Crippen molar-refractivity contribution in [3.63, 3.8) is 0 Å². The lowest BCUT2D eigenvalue weighted by Gasteiger charge is -2.33. The van der Waals surface area contributed by atoms with Gasteiger partial charge >= 0.3 is 5.69 Å². The van der Waals surface area contributed by atoms with Crippen LogP contribution < -0.4 is 10.6 Å². The second kappa shape index (κ2) is 3.89. The maximum atomic E-state index is 11.3. The van der Waals surface area contributed by atoms with Gasteiger partial charge in [-0.3, -0.25) is 0 Å². The first kappa shape index (κ1) is 10.3. The molecule has 1 saturated heterocycles. The van der Waals surface area contributed by atoms with Gasteiger partial charge in [0.2, 0.25) is 0 Å². The van der Waals surface area contributed by atoms with Gasteiger partial charge in [0.1, 0.15) is 5.52 Å². The normalized spacial score (nSPS) is 17.8. The number of nitrogens with zero attached hydrogens (tertiary/aromatic N) is 3. The lowest BCUT2D eigenvalue weighted by Crippen LogP contribution is -2.44. The van der Waals surface area contributed by atoms with E-state index < -0.39 is 0 Å². The minimum atomic E-state index is -0.177. The molecule has 90 valence electrons. The van der Waals surface area contributed by atoms with Crippen molar-refractivity contribution in [2.24, 2.45) is 0 Å². The van der Waals surface area contributed by atoms with Crippen LogP contribution in [0.2, 0.25) is 0 Å². The summed E-state index contributed by atoms with van der Waals surface area (Å²) in [6, 6.07) is 1.81. The van der Waals surface area contributed by atoms with Crippen LogP contribution in [0.3, 0.4) is 0 Å². The number of aromatic nitrogens is 3. The SMILES string of the molecule is CN1CCN(c2nccc3[nH]c(=O)[nH]c23)CC1. The highest BCUT2D eigenvalue weighted by Gasteiger charge is 2.18. The Labute approximate surface area is 98.3 Å². The zero-order valence-corrected chi connectivity index (χ0v) is 9.73. The molecule has 0 saturated carbocycles. The molecular weight excluding hydrogens is 218 g/mol. The molecule has 17 heavy (non-hydrogen) atoms. The van der Waals surface area contributed by atoms with Crippen LogP contribution in [-0.2, 0) is 0 Å². The van der Waals surface area contributed by atoms with Gasteiger partial charge in [-0.2, -0.15) is 0 Å². The highest BCUT2D eigenvalue weighted by molar-refractivity contribution is 5.85. The van der Waals surface area contributed by atoms with Crippen LogP contribution in [0.25, 0.3) is 11.0 Å². The standard InChI is InChI=1S/C11H15N5O/c1-15-4-6-16(7-5-15)10-9-8(2-3-12-10)13-11(17)14-9/h2-3H,4-7H2,1H3,(H2,13,14,17). The number of H-pyrrole nitrogens is 2. The van der Waals surface area contributed by atoms with Crippen LogP contribution in [-0.4, -0.2) is 53.1 Å². The molecule has 0 amide bonds. The molecule has 0 radical (unpaired) electrons. The monoisotopic (exact) mass is 233 g/mol. The number of aromatic amines is 2. The van der Waals surface area contributed by atoms with Crippen molar-refractivity contribution < 1.29 is 0 Å². The Morgan fingerprint density at radius 3 is 2.76 bits per heavy atom. The van der Waals surface area contributed by atoms with E-state index in [1.165, 1.54) is 0 Å². The zero-order valence-electron chi connectivity index (χ0n) is 9.73. The number of fused-ring (bicyclic) bond motifs is 1. The van der Waals surface area contributed by atoms with Crippen LogP contribution in [0.15, 0.2) is 17.1 Å². The Morgan fingerprint density at radius 1 is 1.24 bits per heavy atom. The quantitative estimate of drug-likeness (QED) is 0.727. The molecule has 2 aromatic rings. The Kier molecular flexibility index (Phi) is 2.36. The predicted molar refractivity (Wildman–Crippen MR) is 66.4 cm³/mol. The van der Waals surface area contributed by atoms with Crippen LogP contribution in [0, 0.1) is 0 Å². The van der Waals surface area contributed by atoms with E-state index in [1.54, 1.807) is 6.20 Å². The van der Waals surface area contributed by atoms with E-state index in [2.05, 4.69) is 31.8 Å². The van der Waals surface area contributed by atoms with Gasteiger partial charge in [0.15, 0.2) is 5.82 Å². The van der Waals surface area contributed by atoms with Gasteiger partial charge in [-0.05, 0) is 13.1 Å². The molecule has 6 nitrogen and oxygen atoms in total. The topological polar surface area (TPSA) is 68.0 Å². The summed E-state index contributed by atoms with van der Waals surface area (Å²) in [4.78, 5) is 25.8. The maximum Gasteiger partial charge on any atom is 0.323 e. The molecule has 0 bridgehead atoms. The van der Waals surface area contributed by atoms with Crippen molar-refractivity contribution in [2.75, 3.05) is 38.1 Å². The molecule has 2 N–H and O–H groups in total. The molecule has 0 aliphatic carbocycles. The molecule has 1 aliphatic rings. The number of anilines is 1. The molecule has 1 aliphatic heterocycles. The van der Waals surface area contributed by atoms with Crippen LogP contribution >= 0.6 is 0 Å². The fourth-order valence-electron chi connectivity index (χ4n) is 2.20. The largest absolute Gasteiger partial charge is 0.352 e. The Morgan fingerprint density at radius 2 is 2.00 bits per heavy atom. The Bertz CT molecular complexity index is 579. The predicted octanol–water partition coefficient (Wildman–Crippen LogP) is 0.00300. The third kappa shape index (κ3) is 1.80. The molecule has 3 rings (SSSR count). The molecule has 6 heteroatoms. The highest BCUT2D eigenvalue weighted by atomic mass is 16.1. The zero-order chi connectivity index (χ0) is 11.8. The van der Waals surface area contributed by atoms with Crippen LogP contribution in [0.1, 0.15) is 0 Å². The van der Waals surface area contributed by atoms with E-state index in [0.29, 0.717) is 0 Å². The van der Waals surface area contributed by atoms with E-state index in [9.17, 15) is 4.79 Å². The molecular formula is C11H15N5O. The number of piperazine rings is 1. The maximum absolute atomic E-state index is 11.3. The lowest BCUT2D eigenvalue weighted by molar-refractivity contribution is 0.312. The average Bonchev–Trinajstić information content (AvgIpc) is 2.70. The number of pyridine rings is 1. The first-order valence-corrected chi connectivity index (χ1v) is 5.74. The van der Waals surface area contributed by atoms with E-state index in [0.717, 1.165) is 43.0 Å². The molecule has 0 aromatic carbocycles. The summed E-state index contributed by atoms with van der Waals surface area (Å²) in [5.41, 5.74) is 1.45. The minimum absolute atomic E-state index is 0.177. The first-order valence-electron chi connectivity index (χ1n) is 5.74. The van der Waals surface area contributed by atoms with Crippen molar-refractivity contribution in [1.82, 2.24) is 19.9 Å². The summed E-state index contributed by atoms with van der Waals surface area (Å²) in [7, 11) is 2.11. The number of hydrogen-bond acceptors (Lipinski definition) is 4. The summed E-state index contributed by atoms with van der Waals surface area (Å²) in [6.45, 7) is 3.92. The van der Waals surface area contributed by atoms with Gasteiger partial charge in [-0.1, -0.05) is 0 Å². The molecule has 1 fully saturated rings. The minimum Gasteiger partial charge on any atom is -0.352 e. The van der Waals surface area contributed by atoms with Gasteiger partial charge in [-0.15, -0.1) is 0 Å². The Balaban J connectivity index is 2.02. The summed E-state index contributed by atoms with van der Waals surface area (Å²) in [6.07, 6.45) is 1.74. The van der Waals surface area contributed by atoms with Crippen molar-refractivity contribution in [3.8, 4) is 0 Å². The smallest absolute Gasteiger partial charge is 0.323 e. The van der Waals surface area contributed by atoms with Crippen LogP contribution in [0.5, 0.6) is 0 Å². The number of imidazole rings is 1. The van der Waals surface area contributed by atoms with Crippen LogP contribution in [0.4, 0.5) is 5.82 Å². The highest BCUT2D eigenvalue weighted by Crippen LogP contribution is 2.20. The van der Waals surface area contributed by atoms with Gasteiger partial charge in [0.25, 0.3) is 0 Å². The first-order chi connectivity index (χ1) is 8.24. The summed E-state index contributed by atoms with van der Waals surface area (Å²) in [5.74, 6) is 0.869. The summed E-state index contributed by atoms with van der Waals surface area (Å²) < 4.78 is 0. The second-order valence-electron chi connectivity index (χ2n) is 4.43. The van der Waals surface area contributed by atoms with Crippen molar-refractivity contribution >= 4 is 16.9 Å². The Hall–Kier alpha value is -1.82. The molecule has 2 aromatic heterocycles. The fourth-order valence-corrected chi connectivity index (χ4v) is 2.20. The molecule has 0 spiro atoms. The van der Waals surface area contributed by atoms with E-state index >= 15 is 0 Å². The number of nitrogens with one attached hydrogen (secondary N) is 2. The summed E-state index contributed by atoms with van der Waals surface area (Å²) >= 11 is 0. The number of rotatable bonds is 1. The number of hydrogen-bond donors (Lipinski definition) is 2. The average molecular weight is 233 g/mol. The van der Waals surface area contributed by atoms with Crippen molar-refractivity contribution in [2.45, 2.75) is 0 Å². The van der Waals surface area contributed by atoms with Crippen molar-refractivity contribution in [3.05, 3.63) is 22.7 Å². The van der Waals surface area contributed by atoms with Gasteiger partial charge in [-0.25, -0.2) is 9.78 Å². The van der Waals surface area contributed by atoms with E-state index in [4.69, 9.17) is 0 Å². The third-order valence-electron chi connectivity index (χ3n) is 3.22. The fraction of sp³-hybridized carbons (Fsp3) is 0.455. The lowest BCUT2D eigenvalue weighted by atomic mass is 10.3. The summed E-state index contributed by atoms with van der Waals surface area (Å²) in [5, 5.41) is 0. The van der Waals surface area contributed by atoms with Gasteiger partial charge in [0, 0.05) is 32.4 Å². The van der Waals surface area contributed by atoms with Gasteiger partial charge in [0.05, 0.1) is 5.52 Å². The molecule has 0 unspecified atom stereocenters.